The van der Waals surface area contributed by atoms with Crippen molar-refractivity contribution in [2.75, 3.05) is 23.7 Å². The number of carboxylic acids is 1. The molecule has 0 aliphatic carbocycles. The Morgan fingerprint density at radius 3 is 2.26 bits per heavy atom. The highest BCUT2D eigenvalue weighted by atomic mass is 32.2. The van der Waals surface area contributed by atoms with Gasteiger partial charge in [-0.2, -0.15) is 11.8 Å². The zero-order valence-corrected chi connectivity index (χ0v) is 24.3. The first kappa shape index (κ1) is 29.1. The lowest BCUT2D eigenvalue weighted by Crippen LogP contribution is -2.43. The number of thioether (sulfide) groups is 1. The van der Waals surface area contributed by atoms with Crippen molar-refractivity contribution in [2.24, 2.45) is 5.92 Å². The van der Waals surface area contributed by atoms with E-state index in [-0.39, 0.29) is 11.4 Å². The maximum absolute atomic E-state index is 13.4. The molecule has 1 aliphatic rings. The zero-order chi connectivity index (χ0) is 29.3. The van der Waals surface area contributed by atoms with Gasteiger partial charge in [-0.05, 0) is 60.7 Å². The number of amides is 1. The van der Waals surface area contributed by atoms with Gasteiger partial charge in [-0.1, -0.05) is 55.5 Å². The summed E-state index contributed by atoms with van der Waals surface area (Å²) in [4.78, 5) is 37.0. The van der Waals surface area contributed by atoms with Gasteiger partial charge < -0.3 is 20.1 Å². The van der Waals surface area contributed by atoms with Crippen molar-refractivity contribution >= 4 is 29.5 Å². The Labute approximate surface area is 250 Å². The molecule has 5 rings (SSSR count). The first-order valence-electron chi connectivity index (χ1n) is 14.1. The Bertz CT molecular complexity index is 1480. The van der Waals surface area contributed by atoms with Gasteiger partial charge in [-0.3, -0.25) is 4.79 Å². The molecule has 1 atom stereocenters. The lowest BCUT2D eigenvalue weighted by Gasteiger charge is -2.31. The van der Waals surface area contributed by atoms with Gasteiger partial charge in [0, 0.05) is 36.2 Å². The van der Waals surface area contributed by atoms with Crippen molar-refractivity contribution < 1.29 is 19.4 Å². The summed E-state index contributed by atoms with van der Waals surface area (Å²) in [5.74, 6) is 2.34. The monoisotopic (exact) mass is 582 g/mol. The van der Waals surface area contributed by atoms with Crippen molar-refractivity contribution in [3.63, 3.8) is 0 Å². The molecule has 2 heterocycles. The largest absolute Gasteiger partial charge is 0.480 e. The first-order chi connectivity index (χ1) is 20.4. The van der Waals surface area contributed by atoms with Gasteiger partial charge in [-0.25, -0.2) is 14.8 Å². The summed E-state index contributed by atoms with van der Waals surface area (Å²) >= 11 is 1.46. The fourth-order valence-corrected chi connectivity index (χ4v) is 5.66. The molecule has 4 aromatic rings. The molecule has 1 amide bonds. The van der Waals surface area contributed by atoms with Gasteiger partial charge in [0.25, 0.3) is 5.91 Å². The number of carboxylic acid groups (broad SMARTS) is 1. The maximum atomic E-state index is 13.4. The van der Waals surface area contributed by atoms with Crippen LogP contribution in [-0.2, 0) is 10.5 Å². The molecule has 1 aromatic heterocycles. The summed E-state index contributed by atoms with van der Waals surface area (Å²) in [6.45, 7) is 3.90. The molecule has 1 saturated heterocycles. The second-order valence-corrected chi connectivity index (χ2v) is 11.4. The summed E-state index contributed by atoms with van der Waals surface area (Å²) in [5, 5.41) is 12.5. The normalized spacial score (nSPS) is 14.3. The minimum Gasteiger partial charge on any atom is -0.480 e. The Balaban J connectivity index is 1.35. The number of ether oxygens (including phenoxy) is 1. The van der Waals surface area contributed by atoms with Crippen LogP contribution >= 0.6 is 11.8 Å². The second-order valence-electron chi connectivity index (χ2n) is 10.4. The van der Waals surface area contributed by atoms with Crippen LogP contribution in [-0.4, -0.2) is 51.8 Å². The molecule has 3 aromatic carbocycles. The third kappa shape index (κ3) is 7.88. The van der Waals surface area contributed by atoms with E-state index in [0.717, 1.165) is 42.8 Å². The summed E-state index contributed by atoms with van der Waals surface area (Å²) in [7, 11) is 0. The molecule has 216 valence electrons. The predicted octanol–water partition coefficient (Wildman–Crippen LogP) is 6.29. The lowest BCUT2D eigenvalue weighted by atomic mass is 9.99. The van der Waals surface area contributed by atoms with Crippen LogP contribution in [0.1, 0.15) is 35.8 Å². The summed E-state index contributed by atoms with van der Waals surface area (Å²) in [5.41, 5.74) is 1.96. The van der Waals surface area contributed by atoms with Crippen LogP contribution in [0.25, 0.3) is 11.4 Å². The molecule has 1 aliphatic heterocycles. The number of anilines is 1. The fourth-order valence-electron chi connectivity index (χ4n) is 4.65. The number of nitrogens with zero attached hydrogens (tertiary/aromatic N) is 3. The average Bonchev–Trinajstić information content (AvgIpc) is 3.02. The molecule has 0 saturated carbocycles. The number of aliphatic carboxylic acids is 1. The van der Waals surface area contributed by atoms with Crippen LogP contribution in [0.2, 0.25) is 0 Å². The average molecular weight is 583 g/mol. The Morgan fingerprint density at radius 2 is 1.60 bits per heavy atom. The van der Waals surface area contributed by atoms with Crippen molar-refractivity contribution in [3.8, 4) is 22.9 Å². The number of hydrogen-bond donors (Lipinski definition) is 2. The van der Waals surface area contributed by atoms with Crippen LogP contribution in [0.3, 0.4) is 0 Å². The fraction of sp³-hybridized carbons (Fsp3) is 0.273. The SMILES string of the molecule is CC1CCN(c2cc(C(=O)NC(CSCc3ccccc3)C(=O)O)nc(-c3ccc(Oc4ccccc4)cc3)n2)CC1. The van der Waals surface area contributed by atoms with E-state index in [4.69, 9.17) is 9.72 Å². The maximum Gasteiger partial charge on any atom is 0.327 e. The number of aromatic nitrogens is 2. The van der Waals surface area contributed by atoms with Crippen molar-refractivity contribution in [3.05, 3.63) is 102 Å². The molecular weight excluding hydrogens is 548 g/mol. The van der Waals surface area contributed by atoms with Gasteiger partial charge in [0.2, 0.25) is 0 Å². The third-order valence-electron chi connectivity index (χ3n) is 7.14. The van der Waals surface area contributed by atoms with E-state index in [9.17, 15) is 14.7 Å². The molecule has 9 heteroatoms. The first-order valence-corrected chi connectivity index (χ1v) is 15.2. The molecule has 2 N–H and O–H groups in total. The number of nitrogens with one attached hydrogen (secondary N) is 1. The van der Waals surface area contributed by atoms with E-state index in [1.54, 1.807) is 6.07 Å². The smallest absolute Gasteiger partial charge is 0.327 e. The van der Waals surface area contributed by atoms with Gasteiger partial charge >= 0.3 is 5.97 Å². The van der Waals surface area contributed by atoms with E-state index in [1.165, 1.54) is 11.8 Å². The quantitative estimate of drug-likeness (QED) is 0.213. The number of benzene rings is 3. The van der Waals surface area contributed by atoms with Crippen molar-refractivity contribution in [1.82, 2.24) is 15.3 Å². The Hall–Kier alpha value is -4.37. The highest BCUT2D eigenvalue weighted by Crippen LogP contribution is 2.27. The van der Waals surface area contributed by atoms with Crippen LogP contribution in [0.4, 0.5) is 5.82 Å². The topological polar surface area (TPSA) is 105 Å². The molecule has 0 bridgehead atoms. The van der Waals surface area contributed by atoms with Crippen LogP contribution < -0.4 is 15.0 Å². The molecule has 8 nitrogen and oxygen atoms in total. The summed E-state index contributed by atoms with van der Waals surface area (Å²) in [6, 6.07) is 27.3. The number of hydrogen-bond acceptors (Lipinski definition) is 7. The molecule has 0 radical (unpaired) electrons. The van der Waals surface area contributed by atoms with E-state index in [2.05, 4.69) is 22.1 Å². The lowest BCUT2D eigenvalue weighted by molar-refractivity contribution is -0.138. The van der Waals surface area contributed by atoms with E-state index < -0.39 is 17.9 Å². The number of piperidine rings is 1. The molecule has 1 unspecified atom stereocenters. The number of para-hydroxylation sites is 1. The van der Waals surface area contributed by atoms with E-state index in [1.807, 2.05) is 84.9 Å². The number of carbonyl (C=O) groups excluding carboxylic acids is 1. The van der Waals surface area contributed by atoms with E-state index >= 15 is 0 Å². The van der Waals surface area contributed by atoms with Gasteiger partial charge in [0.15, 0.2) is 5.82 Å². The number of rotatable bonds is 11. The molecule has 42 heavy (non-hydrogen) atoms. The summed E-state index contributed by atoms with van der Waals surface area (Å²) < 4.78 is 5.92. The van der Waals surface area contributed by atoms with Gasteiger partial charge in [0.05, 0.1) is 0 Å². The van der Waals surface area contributed by atoms with Gasteiger partial charge in [0.1, 0.15) is 29.1 Å². The standard InChI is InChI=1S/C33H34N4O4S/c1-23-16-18-37(19-17-23)30-20-28(32(38)35-29(33(39)40)22-42-21-24-8-4-2-5-9-24)34-31(36-30)25-12-14-27(15-13-25)41-26-10-6-3-7-11-26/h2-15,20,23,29H,16-19,21-22H2,1H3,(H,35,38)(H,39,40). The Morgan fingerprint density at radius 1 is 0.952 bits per heavy atom. The predicted molar refractivity (Wildman–Crippen MR) is 166 cm³/mol. The van der Waals surface area contributed by atoms with Gasteiger partial charge in [-0.15, -0.1) is 0 Å². The van der Waals surface area contributed by atoms with Crippen LogP contribution in [0.5, 0.6) is 11.5 Å². The third-order valence-corrected chi connectivity index (χ3v) is 8.25. The molecular formula is C33H34N4O4S. The second kappa shape index (κ2) is 14.0. The molecule has 1 fully saturated rings. The zero-order valence-electron chi connectivity index (χ0n) is 23.5. The Kier molecular flexibility index (Phi) is 9.71. The van der Waals surface area contributed by atoms with Crippen LogP contribution in [0, 0.1) is 5.92 Å². The minimum atomic E-state index is -1.09. The highest BCUT2D eigenvalue weighted by molar-refractivity contribution is 7.98. The van der Waals surface area contributed by atoms with Crippen molar-refractivity contribution in [2.45, 2.75) is 31.6 Å². The van der Waals surface area contributed by atoms with E-state index in [0.29, 0.717) is 29.1 Å². The van der Waals surface area contributed by atoms with Crippen LogP contribution in [0.15, 0.2) is 91.0 Å². The minimum absolute atomic E-state index is 0.137. The summed E-state index contributed by atoms with van der Waals surface area (Å²) in [6.07, 6.45) is 2.07. The van der Waals surface area contributed by atoms with Crippen molar-refractivity contribution in [1.29, 1.82) is 0 Å². The molecule has 0 spiro atoms. The number of carbonyl (C=O) groups is 2. The highest BCUT2D eigenvalue weighted by Gasteiger charge is 2.24.